The minimum absolute atomic E-state index is 0.0632. The number of rotatable bonds is 5. The van der Waals surface area contributed by atoms with Crippen LogP contribution in [0.15, 0.2) is 0 Å². The van der Waals surface area contributed by atoms with Crippen molar-refractivity contribution in [2.24, 2.45) is 0 Å². The van der Waals surface area contributed by atoms with Gasteiger partial charge in [0.15, 0.2) is 0 Å². The Bertz CT molecular complexity index is 127. The SMILES string of the molecule is CCCC.O=C(O)CCCC(=O)O. The van der Waals surface area contributed by atoms with Gasteiger partial charge >= 0.3 is 11.9 Å². The number of carboxylic acids is 2. The zero-order valence-corrected chi connectivity index (χ0v) is 8.25. The lowest BCUT2D eigenvalue weighted by Crippen LogP contribution is -1.98. The van der Waals surface area contributed by atoms with Crippen LogP contribution in [0.25, 0.3) is 0 Å². The van der Waals surface area contributed by atoms with Crippen LogP contribution in [0.4, 0.5) is 0 Å². The Morgan fingerprint density at radius 1 is 0.923 bits per heavy atom. The van der Waals surface area contributed by atoms with Crippen molar-refractivity contribution < 1.29 is 19.8 Å². The molecular weight excluding hydrogens is 172 g/mol. The molecule has 0 rings (SSSR count). The van der Waals surface area contributed by atoms with Crippen molar-refractivity contribution in [2.45, 2.75) is 46.0 Å². The van der Waals surface area contributed by atoms with Gasteiger partial charge in [-0.25, -0.2) is 0 Å². The molecule has 0 unspecified atom stereocenters. The van der Waals surface area contributed by atoms with E-state index in [-0.39, 0.29) is 19.3 Å². The van der Waals surface area contributed by atoms with Gasteiger partial charge in [-0.15, -0.1) is 0 Å². The van der Waals surface area contributed by atoms with E-state index in [1.165, 1.54) is 12.8 Å². The summed E-state index contributed by atoms with van der Waals surface area (Å²) >= 11 is 0. The molecule has 0 saturated carbocycles. The van der Waals surface area contributed by atoms with Crippen LogP contribution < -0.4 is 0 Å². The smallest absolute Gasteiger partial charge is 0.303 e. The molecule has 0 amide bonds. The first-order chi connectivity index (χ1) is 6.04. The standard InChI is InChI=1S/C5H8O4.C4H10/c6-4(7)2-1-3-5(8)9;1-3-4-2/h1-3H2,(H,6,7)(H,8,9);3-4H2,1-2H3. The van der Waals surface area contributed by atoms with Crippen LogP contribution in [0.3, 0.4) is 0 Å². The molecule has 0 aliphatic heterocycles. The second kappa shape index (κ2) is 10.9. The van der Waals surface area contributed by atoms with Gasteiger partial charge in [-0.05, 0) is 6.42 Å². The second-order valence-corrected chi connectivity index (χ2v) is 2.64. The van der Waals surface area contributed by atoms with Crippen molar-refractivity contribution in [3.05, 3.63) is 0 Å². The lowest BCUT2D eigenvalue weighted by atomic mass is 10.2. The maximum Gasteiger partial charge on any atom is 0.303 e. The first kappa shape index (κ1) is 14.5. The van der Waals surface area contributed by atoms with Crippen LogP contribution in [0.2, 0.25) is 0 Å². The summed E-state index contributed by atoms with van der Waals surface area (Å²) in [5, 5.41) is 16.1. The fourth-order valence-corrected chi connectivity index (χ4v) is 0.391. The molecule has 0 aromatic rings. The molecule has 0 saturated heterocycles. The second-order valence-electron chi connectivity index (χ2n) is 2.64. The van der Waals surface area contributed by atoms with Crippen LogP contribution >= 0.6 is 0 Å². The summed E-state index contributed by atoms with van der Waals surface area (Å²) in [6.07, 6.45) is 2.73. The maximum absolute atomic E-state index is 9.79. The van der Waals surface area contributed by atoms with Gasteiger partial charge < -0.3 is 10.2 Å². The van der Waals surface area contributed by atoms with Gasteiger partial charge in [-0.2, -0.15) is 0 Å². The van der Waals surface area contributed by atoms with Crippen molar-refractivity contribution in [2.75, 3.05) is 0 Å². The summed E-state index contributed by atoms with van der Waals surface area (Å²) in [5.74, 6) is -1.90. The Balaban J connectivity index is 0. The van der Waals surface area contributed by atoms with Crippen molar-refractivity contribution in [3.63, 3.8) is 0 Å². The zero-order chi connectivity index (χ0) is 10.7. The Morgan fingerprint density at radius 2 is 1.23 bits per heavy atom. The number of carboxylic acid groups (broad SMARTS) is 2. The maximum atomic E-state index is 9.79. The molecule has 0 aromatic carbocycles. The molecule has 0 radical (unpaired) electrons. The molecular formula is C9H18O4. The van der Waals surface area contributed by atoms with Crippen LogP contribution in [-0.4, -0.2) is 22.2 Å². The lowest BCUT2D eigenvalue weighted by molar-refractivity contribution is -0.138. The summed E-state index contributed by atoms with van der Waals surface area (Å²) in [7, 11) is 0. The van der Waals surface area contributed by atoms with E-state index >= 15 is 0 Å². The minimum Gasteiger partial charge on any atom is -0.481 e. The first-order valence-electron chi connectivity index (χ1n) is 4.48. The topological polar surface area (TPSA) is 74.6 Å². The van der Waals surface area contributed by atoms with Crippen LogP contribution in [0.5, 0.6) is 0 Å². The van der Waals surface area contributed by atoms with Gasteiger partial charge in [0.25, 0.3) is 0 Å². The Hall–Kier alpha value is -1.06. The quantitative estimate of drug-likeness (QED) is 0.696. The van der Waals surface area contributed by atoms with Gasteiger partial charge in [0, 0.05) is 12.8 Å². The van der Waals surface area contributed by atoms with Crippen LogP contribution in [0, 0.1) is 0 Å². The zero-order valence-electron chi connectivity index (χ0n) is 8.25. The van der Waals surface area contributed by atoms with E-state index in [0.717, 1.165) is 0 Å². The van der Waals surface area contributed by atoms with E-state index in [0.29, 0.717) is 0 Å². The molecule has 4 heteroatoms. The molecule has 0 fully saturated rings. The molecule has 0 aliphatic rings. The average molecular weight is 190 g/mol. The molecule has 0 spiro atoms. The van der Waals surface area contributed by atoms with Gasteiger partial charge in [0.1, 0.15) is 0 Å². The summed E-state index contributed by atoms with van der Waals surface area (Å²) < 4.78 is 0. The molecule has 0 bridgehead atoms. The molecule has 0 aliphatic carbocycles. The van der Waals surface area contributed by atoms with Gasteiger partial charge in [-0.1, -0.05) is 26.7 Å². The van der Waals surface area contributed by atoms with E-state index in [4.69, 9.17) is 10.2 Å². The number of carbonyl (C=O) groups is 2. The summed E-state index contributed by atoms with van der Waals surface area (Å²) in [6.45, 7) is 4.36. The fourth-order valence-electron chi connectivity index (χ4n) is 0.391. The van der Waals surface area contributed by atoms with Gasteiger partial charge in [-0.3, -0.25) is 9.59 Å². The van der Waals surface area contributed by atoms with Crippen molar-refractivity contribution in [1.29, 1.82) is 0 Å². The van der Waals surface area contributed by atoms with Crippen molar-refractivity contribution >= 4 is 11.9 Å². The average Bonchev–Trinajstić information content (AvgIpc) is 2.03. The monoisotopic (exact) mass is 190 g/mol. The molecule has 0 aromatic heterocycles. The third kappa shape index (κ3) is 24.8. The number of hydrogen-bond acceptors (Lipinski definition) is 2. The summed E-state index contributed by atoms with van der Waals surface area (Å²) in [4.78, 5) is 19.6. The number of hydrogen-bond donors (Lipinski definition) is 2. The van der Waals surface area contributed by atoms with E-state index in [1.807, 2.05) is 0 Å². The van der Waals surface area contributed by atoms with Crippen LogP contribution in [-0.2, 0) is 9.59 Å². The highest BCUT2D eigenvalue weighted by Gasteiger charge is 1.99. The molecule has 4 nitrogen and oxygen atoms in total. The van der Waals surface area contributed by atoms with Crippen molar-refractivity contribution in [1.82, 2.24) is 0 Å². The highest BCUT2D eigenvalue weighted by Crippen LogP contribution is 1.93. The van der Waals surface area contributed by atoms with E-state index in [1.54, 1.807) is 0 Å². The minimum atomic E-state index is -0.948. The number of aliphatic carboxylic acids is 2. The molecule has 0 atom stereocenters. The highest BCUT2D eigenvalue weighted by atomic mass is 16.4. The predicted octanol–water partition coefficient (Wildman–Crippen LogP) is 2.13. The van der Waals surface area contributed by atoms with Crippen molar-refractivity contribution in [3.8, 4) is 0 Å². The van der Waals surface area contributed by atoms with E-state index < -0.39 is 11.9 Å². The first-order valence-corrected chi connectivity index (χ1v) is 4.48. The highest BCUT2D eigenvalue weighted by molar-refractivity contribution is 5.69. The van der Waals surface area contributed by atoms with Gasteiger partial charge in [0.05, 0.1) is 0 Å². The molecule has 2 N–H and O–H groups in total. The number of unbranched alkanes of at least 4 members (excludes halogenated alkanes) is 1. The largest absolute Gasteiger partial charge is 0.481 e. The van der Waals surface area contributed by atoms with Crippen LogP contribution in [0.1, 0.15) is 46.0 Å². The Morgan fingerprint density at radius 3 is 1.38 bits per heavy atom. The lowest BCUT2D eigenvalue weighted by Gasteiger charge is -1.89. The Labute approximate surface area is 78.6 Å². The Kier molecular flexibility index (Phi) is 12.2. The fraction of sp³-hybridized carbons (Fsp3) is 0.778. The molecule has 78 valence electrons. The molecule has 13 heavy (non-hydrogen) atoms. The predicted molar refractivity (Wildman–Crippen MR) is 49.7 cm³/mol. The van der Waals surface area contributed by atoms with E-state index in [2.05, 4.69) is 13.8 Å². The summed E-state index contributed by atoms with van der Waals surface area (Å²) in [6, 6.07) is 0. The third-order valence-corrected chi connectivity index (χ3v) is 1.28. The normalized spacial score (nSPS) is 8.46. The molecule has 0 heterocycles. The van der Waals surface area contributed by atoms with E-state index in [9.17, 15) is 9.59 Å². The summed E-state index contributed by atoms with van der Waals surface area (Å²) in [5.41, 5.74) is 0. The van der Waals surface area contributed by atoms with Gasteiger partial charge in [0.2, 0.25) is 0 Å². The third-order valence-electron chi connectivity index (χ3n) is 1.28.